The van der Waals surface area contributed by atoms with E-state index in [-0.39, 0.29) is 12.0 Å². The number of halogens is 1. The van der Waals surface area contributed by atoms with E-state index in [4.69, 9.17) is 45.6 Å². The van der Waals surface area contributed by atoms with E-state index in [1.165, 1.54) is 0 Å². The highest BCUT2D eigenvalue weighted by Gasteiger charge is 2.29. The number of aliphatic hydroxyl groups is 1. The van der Waals surface area contributed by atoms with Gasteiger partial charge in [-0.3, -0.25) is 9.69 Å². The fourth-order valence-electron chi connectivity index (χ4n) is 8.05. The van der Waals surface area contributed by atoms with Gasteiger partial charge in [-0.1, -0.05) is 41.9 Å². The Bertz CT molecular complexity index is 2180. The van der Waals surface area contributed by atoms with Gasteiger partial charge in [0.15, 0.2) is 5.82 Å². The minimum Gasteiger partial charge on any atom is -0.496 e. The Morgan fingerprint density at radius 2 is 1.68 bits per heavy atom. The Morgan fingerprint density at radius 1 is 0.964 bits per heavy atom. The van der Waals surface area contributed by atoms with Crippen LogP contribution in [0.4, 0.5) is 0 Å². The topological polar surface area (TPSA) is 153 Å². The molecule has 1 aliphatic heterocycles. The molecule has 2 aliphatic rings. The van der Waals surface area contributed by atoms with E-state index in [1.807, 2.05) is 48.5 Å². The first-order chi connectivity index (χ1) is 27.1. The van der Waals surface area contributed by atoms with Gasteiger partial charge in [-0.2, -0.15) is 10.1 Å². The number of aromatic nitrogens is 4. The van der Waals surface area contributed by atoms with E-state index in [0.29, 0.717) is 85.7 Å². The lowest BCUT2D eigenvalue weighted by Crippen LogP contribution is -2.46. The van der Waals surface area contributed by atoms with E-state index in [9.17, 15) is 15.0 Å². The van der Waals surface area contributed by atoms with Crippen LogP contribution in [-0.4, -0.2) is 101 Å². The molecule has 0 spiro atoms. The molecule has 2 aromatic carbocycles. The van der Waals surface area contributed by atoms with E-state index in [1.54, 1.807) is 32.2 Å². The minimum absolute atomic E-state index is 0.117. The molecule has 5 aromatic rings. The second kappa shape index (κ2) is 17.1. The smallest absolute Gasteiger partial charge is 0.306 e. The van der Waals surface area contributed by atoms with Crippen molar-refractivity contribution in [3.63, 3.8) is 0 Å². The normalized spacial score (nSPS) is 20.0. The molecule has 7 rings (SSSR count). The van der Waals surface area contributed by atoms with Crippen LogP contribution >= 0.6 is 11.6 Å². The Morgan fingerprint density at radius 3 is 2.39 bits per heavy atom. The van der Waals surface area contributed by atoms with Gasteiger partial charge in [0.25, 0.3) is 0 Å². The summed E-state index contributed by atoms with van der Waals surface area (Å²) in [6, 6.07) is 16.0. The molecule has 1 saturated carbocycles. The average Bonchev–Trinajstić information content (AvgIpc) is 3.65. The van der Waals surface area contributed by atoms with Gasteiger partial charge in [0.05, 0.1) is 68.0 Å². The second-order valence-electron chi connectivity index (χ2n) is 14.6. The Hall–Kier alpha value is -4.79. The summed E-state index contributed by atoms with van der Waals surface area (Å²) >= 11 is 7.27. The van der Waals surface area contributed by atoms with Crippen LogP contribution in [0.2, 0.25) is 5.02 Å². The molecular weight excluding hydrogens is 736 g/mol. The number of aliphatic hydroxyl groups excluding tert-OH is 1. The maximum Gasteiger partial charge on any atom is 0.306 e. The molecule has 56 heavy (non-hydrogen) atoms. The van der Waals surface area contributed by atoms with Gasteiger partial charge in [-0.25, -0.2) is 9.67 Å². The predicted octanol–water partition coefficient (Wildman–Crippen LogP) is 6.45. The fraction of sp³-hybridized carbons (Fsp3) is 0.429. The lowest BCUT2D eigenvalue weighted by Gasteiger charge is -2.34. The molecular formula is C42H49ClN6O7. The summed E-state index contributed by atoms with van der Waals surface area (Å²) in [5.74, 6) is 1.08. The molecule has 0 bridgehead atoms. The maximum atomic E-state index is 11.5. The number of benzene rings is 2. The summed E-state index contributed by atoms with van der Waals surface area (Å²) in [5, 5.41) is 29.4. The third kappa shape index (κ3) is 7.91. The third-order valence-corrected chi connectivity index (χ3v) is 11.7. The number of methoxy groups -OCH3 is 3. The minimum atomic E-state index is -0.697. The molecule has 3 N–H and O–H groups in total. The molecule has 1 saturated heterocycles. The number of pyridine rings is 2. The van der Waals surface area contributed by atoms with Crippen molar-refractivity contribution in [1.29, 1.82) is 0 Å². The fourth-order valence-corrected chi connectivity index (χ4v) is 8.37. The van der Waals surface area contributed by atoms with Crippen molar-refractivity contribution in [1.82, 2.24) is 30.0 Å². The van der Waals surface area contributed by atoms with Gasteiger partial charge in [0, 0.05) is 59.9 Å². The van der Waals surface area contributed by atoms with Gasteiger partial charge in [-0.05, 0) is 69.3 Å². The maximum absolute atomic E-state index is 11.5. The van der Waals surface area contributed by atoms with Crippen molar-refractivity contribution in [2.24, 2.45) is 5.92 Å². The van der Waals surface area contributed by atoms with Crippen LogP contribution < -0.4 is 19.5 Å². The number of nitrogens with one attached hydrogen (secondary N) is 1. The Labute approximate surface area is 331 Å². The molecule has 13 nitrogen and oxygen atoms in total. The number of nitrogens with zero attached hydrogens (tertiary/aromatic N) is 5. The van der Waals surface area contributed by atoms with E-state index >= 15 is 0 Å². The summed E-state index contributed by atoms with van der Waals surface area (Å²) < 4.78 is 24.6. The van der Waals surface area contributed by atoms with Crippen LogP contribution in [0.3, 0.4) is 0 Å². The van der Waals surface area contributed by atoms with Gasteiger partial charge in [0.1, 0.15) is 5.75 Å². The molecule has 1 aliphatic carbocycles. The van der Waals surface area contributed by atoms with Gasteiger partial charge in [-0.15, -0.1) is 0 Å². The highest BCUT2D eigenvalue weighted by molar-refractivity contribution is 6.36. The molecule has 0 amide bonds. The van der Waals surface area contributed by atoms with E-state index in [2.05, 4.69) is 24.2 Å². The number of carboxylic acids is 1. The van der Waals surface area contributed by atoms with Crippen molar-refractivity contribution in [2.45, 2.75) is 70.3 Å². The average molecular weight is 785 g/mol. The molecule has 14 heteroatoms. The SMILES string of the molecule is COc1cc(-n2ncc3c(-c4cccc(-c5cc(C)c(CN(C)C6CCC(C(=O)O)CC6)c(OC)n5)c4Cl)cccc32)nc(OC)c1CN[C@@H]1CCOC[C@@H]1O. The molecule has 4 heterocycles. The molecule has 0 unspecified atom stereocenters. The zero-order valence-electron chi connectivity index (χ0n) is 32.4. The summed E-state index contributed by atoms with van der Waals surface area (Å²) in [5.41, 5.74) is 6.78. The number of aryl methyl sites for hydroxylation is 1. The lowest BCUT2D eigenvalue weighted by atomic mass is 9.85. The van der Waals surface area contributed by atoms with Crippen molar-refractivity contribution in [3.05, 3.63) is 76.4 Å². The van der Waals surface area contributed by atoms with Crippen molar-refractivity contribution >= 4 is 28.5 Å². The van der Waals surface area contributed by atoms with Crippen molar-refractivity contribution < 1.29 is 34.0 Å². The number of ether oxygens (including phenoxy) is 4. The molecule has 2 fully saturated rings. The third-order valence-electron chi connectivity index (χ3n) is 11.3. The van der Waals surface area contributed by atoms with Gasteiger partial charge >= 0.3 is 5.97 Å². The Kier molecular flexibility index (Phi) is 12.1. The summed E-state index contributed by atoms with van der Waals surface area (Å²) in [6.07, 6.45) is 4.98. The van der Waals surface area contributed by atoms with Gasteiger partial charge in [0.2, 0.25) is 11.8 Å². The first-order valence-electron chi connectivity index (χ1n) is 19.0. The van der Waals surface area contributed by atoms with Crippen molar-refractivity contribution in [2.75, 3.05) is 41.6 Å². The first-order valence-corrected chi connectivity index (χ1v) is 19.3. The molecule has 3 aromatic heterocycles. The second-order valence-corrected chi connectivity index (χ2v) is 15.0. The lowest BCUT2D eigenvalue weighted by molar-refractivity contribution is -0.143. The monoisotopic (exact) mass is 784 g/mol. The van der Waals surface area contributed by atoms with Crippen LogP contribution in [0.15, 0.2) is 54.7 Å². The first kappa shape index (κ1) is 39.4. The standard InChI is InChI=1S/C42H49ClN6O7/c1-24-18-34(46-41(55-5)32(24)22-48(2)26-14-12-25(13-15-26)42(51)52)29-10-6-9-28(39(29)43)27-8-7-11-35-30(27)21-45-49(35)38-19-37(53-3)31(40(47-38)54-4)20-44-33-16-17-56-23-36(33)50/h6-11,18-19,21,25-26,33,36,44,50H,12-17,20,22-23H2,1-5H3,(H,51,52)/t25?,26?,33-,36+/m1/s1. The van der Waals surface area contributed by atoms with Crippen LogP contribution in [-0.2, 0) is 22.6 Å². The number of carbonyl (C=O) groups is 1. The highest BCUT2D eigenvalue weighted by Crippen LogP contribution is 2.41. The number of carboxylic acid groups (broad SMARTS) is 1. The van der Waals surface area contributed by atoms with Crippen LogP contribution in [0.1, 0.15) is 48.8 Å². The van der Waals surface area contributed by atoms with E-state index in [0.717, 1.165) is 57.1 Å². The van der Waals surface area contributed by atoms with Crippen LogP contribution in [0.5, 0.6) is 17.5 Å². The largest absolute Gasteiger partial charge is 0.496 e. The van der Waals surface area contributed by atoms with E-state index < -0.39 is 12.1 Å². The number of rotatable bonds is 13. The summed E-state index contributed by atoms with van der Waals surface area (Å²) in [4.78, 5) is 23.6. The molecule has 0 radical (unpaired) electrons. The van der Waals surface area contributed by atoms with Crippen LogP contribution in [0, 0.1) is 12.8 Å². The van der Waals surface area contributed by atoms with Crippen molar-refractivity contribution in [3.8, 4) is 45.7 Å². The predicted molar refractivity (Wildman–Crippen MR) is 214 cm³/mol. The number of aliphatic carboxylic acids is 1. The zero-order valence-corrected chi connectivity index (χ0v) is 33.2. The molecule has 296 valence electrons. The quantitative estimate of drug-likeness (QED) is 0.120. The number of hydrogen-bond acceptors (Lipinski definition) is 11. The number of hydrogen-bond donors (Lipinski definition) is 3. The van der Waals surface area contributed by atoms with Gasteiger partial charge < -0.3 is 34.5 Å². The Balaban J connectivity index is 1.17. The summed E-state index contributed by atoms with van der Waals surface area (Å²) in [7, 11) is 6.89. The highest BCUT2D eigenvalue weighted by atomic mass is 35.5. The summed E-state index contributed by atoms with van der Waals surface area (Å²) in [6.45, 7) is 3.96. The molecule has 2 atom stereocenters. The van der Waals surface area contributed by atoms with Crippen LogP contribution in [0.25, 0.3) is 39.1 Å². The number of fused-ring (bicyclic) bond motifs is 1. The zero-order chi connectivity index (χ0) is 39.5.